The zero-order chi connectivity index (χ0) is 41.7. The number of nitriles is 1. The molecule has 0 aliphatic heterocycles. The summed E-state index contributed by atoms with van der Waals surface area (Å²) in [6.45, 7) is 0. The summed E-state index contributed by atoms with van der Waals surface area (Å²) in [7, 11) is 0. The Balaban J connectivity index is 1.15. The molecule has 290 valence electrons. The van der Waals surface area contributed by atoms with Gasteiger partial charge in [0, 0.05) is 33.4 Å². The van der Waals surface area contributed by atoms with Gasteiger partial charge in [0.05, 0.1) is 11.6 Å². The highest BCUT2D eigenvalue weighted by Gasteiger charge is 2.21. The van der Waals surface area contributed by atoms with Crippen LogP contribution in [-0.2, 0) is 0 Å². The van der Waals surface area contributed by atoms with Gasteiger partial charge in [-0.3, -0.25) is 0 Å². The third-order valence-electron chi connectivity index (χ3n) is 10.7. The molecule has 0 radical (unpaired) electrons. The summed E-state index contributed by atoms with van der Waals surface area (Å²) < 4.78 is 0. The fraction of sp³-hybridized carbons (Fsp3) is 0. The quantitative estimate of drug-likeness (QED) is 0.143. The van der Waals surface area contributed by atoms with E-state index < -0.39 is 0 Å². The second-order valence-corrected chi connectivity index (χ2v) is 14.6. The lowest BCUT2D eigenvalue weighted by atomic mass is 9.85. The van der Waals surface area contributed by atoms with E-state index in [1.54, 1.807) is 0 Å². The molecule has 0 N–H and O–H groups in total. The van der Waals surface area contributed by atoms with Gasteiger partial charge in [0.1, 0.15) is 0 Å². The Labute approximate surface area is 359 Å². The first-order valence-electron chi connectivity index (χ1n) is 20.3. The normalized spacial score (nSPS) is 10.9. The molecule has 0 fully saturated rings. The fourth-order valence-corrected chi connectivity index (χ4v) is 7.65. The van der Waals surface area contributed by atoms with Crippen LogP contribution in [0.25, 0.3) is 102 Å². The number of hydrogen-bond acceptors (Lipinski definition) is 7. The molecular weight excluding hydrogens is 759 g/mol. The molecule has 0 spiro atoms. The molecule has 0 atom stereocenters. The minimum Gasteiger partial charge on any atom is -0.208 e. The molecule has 0 saturated carbocycles. The van der Waals surface area contributed by atoms with Gasteiger partial charge in [0.25, 0.3) is 0 Å². The SMILES string of the molecule is N#Cc1cccc(-c2cccc(-c3ccccc3-c3nc(-c4ccccc4)nc(-c4ccccc4)n3)c2-c2ccc(-c3nc(-c4ccccc4)nc(-c4ccccc4)n3)cc2)c1. The molecule has 2 aromatic heterocycles. The topological polar surface area (TPSA) is 101 Å². The number of benzene rings is 8. The second kappa shape index (κ2) is 16.9. The summed E-state index contributed by atoms with van der Waals surface area (Å²) in [6, 6.07) is 73.0. The van der Waals surface area contributed by atoms with E-state index in [2.05, 4.69) is 66.7 Å². The Morgan fingerprint density at radius 1 is 0.258 bits per heavy atom. The number of aromatic nitrogens is 6. The van der Waals surface area contributed by atoms with Gasteiger partial charge in [-0.2, -0.15) is 5.26 Å². The van der Waals surface area contributed by atoms with Crippen LogP contribution in [0, 0.1) is 11.3 Å². The number of rotatable bonds is 9. The van der Waals surface area contributed by atoms with Crippen LogP contribution in [-0.4, -0.2) is 29.9 Å². The van der Waals surface area contributed by atoms with Crippen LogP contribution in [0.5, 0.6) is 0 Å². The summed E-state index contributed by atoms with van der Waals surface area (Å²) in [6.07, 6.45) is 0. The Bertz CT molecular complexity index is 3110. The van der Waals surface area contributed by atoms with Crippen LogP contribution >= 0.6 is 0 Å². The minimum absolute atomic E-state index is 0.560. The minimum atomic E-state index is 0.560. The van der Waals surface area contributed by atoms with E-state index in [0.717, 1.165) is 66.8 Å². The lowest BCUT2D eigenvalue weighted by molar-refractivity contribution is 1.07. The molecule has 7 heteroatoms. The zero-order valence-corrected chi connectivity index (χ0v) is 33.3. The number of nitrogens with zero attached hydrogens (tertiary/aromatic N) is 7. The van der Waals surface area contributed by atoms with Crippen molar-refractivity contribution in [2.24, 2.45) is 0 Å². The first-order chi connectivity index (χ1) is 30.7. The van der Waals surface area contributed by atoms with Gasteiger partial charge in [-0.15, -0.1) is 0 Å². The van der Waals surface area contributed by atoms with Gasteiger partial charge in [0.15, 0.2) is 34.9 Å². The molecule has 10 rings (SSSR count). The van der Waals surface area contributed by atoms with Crippen molar-refractivity contribution in [3.63, 3.8) is 0 Å². The van der Waals surface area contributed by atoms with Gasteiger partial charge in [-0.05, 0) is 45.5 Å². The molecule has 0 aliphatic carbocycles. The molecule has 10 aromatic rings. The van der Waals surface area contributed by atoms with E-state index in [1.165, 1.54) is 0 Å². The first-order valence-corrected chi connectivity index (χ1v) is 20.3. The molecule has 8 aromatic carbocycles. The van der Waals surface area contributed by atoms with E-state index in [9.17, 15) is 5.26 Å². The van der Waals surface area contributed by atoms with Gasteiger partial charge in [-0.1, -0.05) is 200 Å². The summed E-state index contributed by atoms with van der Waals surface area (Å²) in [5, 5.41) is 9.94. The maximum absolute atomic E-state index is 9.94. The lowest BCUT2D eigenvalue weighted by Crippen LogP contribution is -2.01. The summed E-state index contributed by atoms with van der Waals surface area (Å²) in [5.74, 6) is 3.51. The third-order valence-corrected chi connectivity index (χ3v) is 10.7. The summed E-state index contributed by atoms with van der Waals surface area (Å²) in [4.78, 5) is 30.0. The van der Waals surface area contributed by atoms with Crippen molar-refractivity contribution in [2.75, 3.05) is 0 Å². The average molecular weight is 794 g/mol. The van der Waals surface area contributed by atoms with E-state index >= 15 is 0 Å². The second-order valence-electron chi connectivity index (χ2n) is 14.6. The van der Waals surface area contributed by atoms with Gasteiger partial charge < -0.3 is 0 Å². The molecule has 0 unspecified atom stereocenters. The molecule has 0 aliphatic rings. The molecule has 0 bridgehead atoms. The van der Waals surface area contributed by atoms with Crippen LogP contribution in [0.1, 0.15) is 5.56 Å². The molecule has 2 heterocycles. The van der Waals surface area contributed by atoms with Crippen LogP contribution < -0.4 is 0 Å². The Hall–Kier alpha value is -8.73. The van der Waals surface area contributed by atoms with Crippen LogP contribution in [0.15, 0.2) is 212 Å². The third kappa shape index (κ3) is 7.63. The van der Waals surface area contributed by atoms with Crippen molar-refractivity contribution in [1.82, 2.24) is 29.9 Å². The molecule has 7 nitrogen and oxygen atoms in total. The smallest absolute Gasteiger partial charge is 0.164 e. The Morgan fingerprint density at radius 2 is 0.597 bits per heavy atom. The highest BCUT2D eigenvalue weighted by Crippen LogP contribution is 2.43. The maximum atomic E-state index is 9.94. The van der Waals surface area contributed by atoms with Gasteiger partial charge in [0.2, 0.25) is 0 Å². The van der Waals surface area contributed by atoms with Gasteiger partial charge >= 0.3 is 0 Å². The zero-order valence-electron chi connectivity index (χ0n) is 33.3. The van der Waals surface area contributed by atoms with Crippen LogP contribution in [0.3, 0.4) is 0 Å². The van der Waals surface area contributed by atoms with Crippen molar-refractivity contribution >= 4 is 0 Å². The van der Waals surface area contributed by atoms with Crippen molar-refractivity contribution in [3.8, 4) is 108 Å². The number of hydrogen-bond donors (Lipinski definition) is 0. The predicted molar refractivity (Wildman–Crippen MR) is 247 cm³/mol. The van der Waals surface area contributed by atoms with Crippen molar-refractivity contribution in [1.29, 1.82) is 5.26 Å². The molecular formula is C55H35N7. The summed E-state index contributed by atoms with van der Waals surface area (Å²) in [5.41, 5.74) is 11.7. The molecule has 0 saturated heterocycles. The fourth-order valence-electron chi connectivity index (χ4n) is 7.65. The Kier molecular flexibility index (Phi) is 10.2. The van der Waals surface area contributed by atoms with Crippen LogP contribution in [0.2, 0.25) is 0 Å². The average Bonchev–Trinajstić information content (AvgIpc) is 3.37. The first kappa shape index (κ1) is 37.5. The largest absolute Gasteiger partial charge is 0.208 e. The van der Waals surface area contributed by atoms with E-state index in [4.69, 9.17) is 29.9 Å². The monoisotopic (exact) mass is 793 g/mol. The van der Waals surface area contributed by atoms with E-state index in [1.807, 2.05) is 152 Å². The van der Waals surface area contributed by atoms with Crippen molar-refractivity contribution in [2.45, 2.75) is 0 Å². The van der Waals surface area contributed by atoms with Crippen molar-refractivity contribution < 1.29 is 0 Å². The van der Waals surface area contributed by atoms with Crippen molar-refractivity contribution in [3.05, 3.63) is 218 Å². The summed E-state index contributed by atoms with van der Waals surface area (Å²) >= 11 is 0. The molecule has 62 heavy (non-hydrogen) atoms. The standard InChI is InChI=1S/C55H35N7/c56-36-37-17-15-26-44(35-37)45-29-16-30-47(46-27-13-14-28-48(46)55-61-52(41-22-9-3-10-23-41)60-53(62-55)42-24-11-4-12-25-42)49(45)38-31-33-43(34-32-38)54-58-50(39-18-5-1-6-19-39)57-51(59-54)40-20-7-2-8-21-40/h1-35H. The maximum Gasteiger partial charge on any atom is 0.164 e. The molecule has 0 amide bonds. The lowest BCUT2D eigenvalue weighted by Gasteiger charge is -2.19. The highest BCUT2D eigenvalue weighted by atomic mass is 15.0. The highest BCUT2D eigenvalue weighted by molar-refractivity contribution is 5.98. The van der Waals surface area contributed by atoms with E-state index in [-0.39, 0.29) is 0 Å². The van der Waals surface area contributed by atoms with Crippen LogP contribution in [0.4, 0.5) is 0 Å². The Morgan fingerprint density at radius 3 is 1.06 bits per heavy atom. The van der Waals surface area contributed by atoms with Gasteiger partial charge in [-0.25, -0.2) is 29.9 Å². The predicted octanol–water partition coefficient (Wildman–Crippen LogP) is 12.9. The van der Waals surface area contributed by atoms with E-state index in [0.29, 0.717) is 40.5 Å².